The fraction of sp³-hybridized carbons (Fsp3) is 0.300. The van der Waals surface area contributed by atoms with Gasteiger partial charge >= 0.3 is 0 Å². The Labute approximate surface area is 88.5 Å². The summed E-state index contributed by atoms with van der Waals surface area (Å²) in [7, 11) is 1.65. The number of hydrogen-bond acceptors (Lipinski definition) is 3. The molecule has 1 aromatic carbocycles. The lowest BCUT2D eigenvalue weighted by molar-refractivity contribution is 0.415. The van der Waals surface area contributed by atoms with Gasteiger partial charge in [-0.2, -0.15) is 0 Å². The van der Waals surface area contributed by atoms with E-state index in [9.17, 15) is 0 Å². The second-order valence-corrected chi connectivity index (χ2v) is 3.71. The van der Waals surface area contributed by atoms with Gasteiger partial charge in [-0.25, -0.2) is 0 Å². The third-order valence-corrected chi connectivity index (χ3v) is 2.71. The summed E-state index contributed by atoms with van der Waals surface area (Å²) in [5, 5.41) is 6.47. The summed E-state index contributed by atoms with van der Waals surface area (Å²) in [5.74, 6) is 0.829. The number of fused-ring (bicyclic) bond motifs is 1. The van der Waals surface area contributed by atoms with Crippen LogP contribution in [-0.4, -0.2) is 18.1 Å². The van der Waals surface area contributed by atoms with Gasteiger partial charge in [-0.05, 0) is 19.1 Å². The molecule has 4 heteroatoms. The van der Waals surface area contributed by atoms with Crippen LogP contribution in [0.3, 0.4) is 0 Å². The van der Waals surface area contributed by atoms with E-state index in [1.54, 1.807) is 7.11 Å². The zero-order valence-electron chi connectivity index (χ0n) is 8.13. The molecule has 0 saturated carbocycles. The molecule has 1 heterocycles. The van der Waals surface area contributed by atoms with E-state index in [1.807, 2.05) is 25.1 Å². The van der Waals surface area contributed by atoms with Crippen molar-refractivity contribution in [3.8, 4) is 5.75 Å². The first kappa shape index (κ1) is 9.27. The number of benzene rings is 1. The summed E-state index contributed by atoms with van der Waals surface area (Å²) in [4.78, 5) is 0.811. The molecule has 0 fully saturated rings. The quantitative estimate of drug-likeness (QED) is 0.693. The van der Waals surface area contributed by atoms with Crippen molar-refractivity contribution >= 4 is 28.6 Å². The van der Waals surface area contributed by atoms with E-state index in [4.69, 9.17) is 17.0 Å². The lowest BCUT2D eigenvalue weighted by Gasteiger charge is -2.26. The topological polar surface area (TPSA) is 33.3 Å². The van der Waals surface area contributed by atoms with E-state index < -0.39 is 0 Å². The molecule has 3 nitrogen and oxygen atoms in total. The van der Waals surface area contributed by atoms with E-state index in [1.165, 1.54) is 0 Å². The van der Waals surface area contributed by atoms with Gasteiger partial charge in [0.1, 0.15) is 10.7 Å². The molecule has 14 heavy (non-hydrogen) atoms. The molecule has 0 amide bonds. The van der Waals surface area contributed by atoms with Crippen LogP contribution >= 0.6 is 12.2 Å². The first-order valence-corrected chi connectivity index (χ1v) is 4.87. The zero-order chi connectivity index (χ0) is 10.1. The van der Waals surface area contributed by atoms with Crippen molar-refractivity contribution in [1.82, 2.24) is 0 Å². The number of ether oxygens (including phenoxy) is 1. The summed E-state index contributed by atoms with van der Waals surface area (Å²) in [6, 6.07) is 6.03. The zero-order valence-corrected chi connectivity index (χ0v) is 8.94. The van der Waals surface area contributed by atoms with E-state index in [0.29, 0.717) is 0 Å². The van der Waals surface area contributed by atoms with Crippen LogP contribution in [0.5, 0.6) is 5.75 Å². The molecule has 1 aliphatic heterocycles. The molecule has 0 aliphatic carbocycles. The van der Waals surface area contributed by atoms with Gasteiger partial charge in [-0.15, -0.1) is 0 Å². The predicted octanol–water partition coefficient (Wildman–Crippen LogP) is 2.25. The summed E-state index contributed by atoms with van der Waals surface area (Å²) in [6.45, 7) is 2.03. The fourth-order valence-corrected chi connectivity index (χ4v) is 1.59. The van der Waals surface area contributed by atoms with E-state index in [0.717, 1.165) is 22.1 Å². The molecular formula is C10H12N2OS. The maximum Gasteiger partial charge on any atom is 0.121 e. The van der Waals surface area contributed by atoms with Crippen LogP contribution in [0, 0.1) is 0 Å². The van der Waals surface area contributed by atoms with Crippen LogP contribution in [0.2, 0.25) is 0 Å². The van der Waals surface area contributed by atoms with Gasteiger partial charge in [-0.1, -0.05) is 12.2 Å². The summed E-state index contributed by atoms with van der Waals surface area (Å²) >= 11 is 5.17. The highest BCUT2D eigenvalue weighted by Gasteiger charge is 2.18. The third kappa shape index (κ3) is 1.53. The average molecular weight is 208 g/mol. The van der Waals surface area contributed by atoms with Crippen molar-refractivity contribution in [1.29, 1.82) is 0 Å². The van der Waals surface area contributed by atoms with Gasteiger partial charge in [0.05, 0.1) is 24.5 Å². The van der Waals surface area contributed by atoms with Crippen LogP contribution in [0.25, 0.3) is 0 Å². The number of hydrogen-bond donors (Lipinski definition) is 2. The van der Waals surface area contributed by atoms with Crippen molar-refractivity contribution in [3.05, 3.63) is 18.2 Å². The minimum Gasteiger partial charge on any atom is -0.497 e. The summed E-state index contributed by atoms with van der Waals surface area (Å²) in [5.41, 5.74) is 2.04. The molecule has 2 rings (SSSR count). The van der Waals surface area contributed by atoms with Gasteiger partial charge in [0, 0.05) is 6.07 Å². The van der Waals surface area contributed by atoms with Crippen LogP contribution in [-0.2, 0) is 0 Å². The number of methoxy groups -OCH3 is 1. The molecule has 74 valence electrons. The largest absolute Gasteiger partial charge is 0.497 e. The Balaban J connectivity index is 2.37. The van der Waals surface area contributed by atoms with Gasteiger partial charge in [0.15, 0.2) is 0 Å². The summed E-state index contributed by atoms with van der Waals surface area (Å²) < 4.78 is 5.13. The monoisotopic (exact) mass is 208 g/mol. The number of thiocarbonyl (C=S) groups is 1. The Morgan fingerprint density at radius 2 is 2.14 bits per heavy atom. The predicted molar refractivity (Wildman–Crippen MR) is 62.3 cm³/mol. The lowest BCUT2D eigenvalue weighted by Crippen LogP contribution is -2.34. The fourth-order valence-electron chi connectivity index (χ4n) is 1.42. The maximum absolute atomic E-state index is 5.17. The molecule has 2 N–H and O–H groups in total. The SMILES string of the molecule is COc1ccc2c(c1)NC(=S)C(C)N2. The Morgan fingerprint density at radius 1 is 1.36 bits per heavy atom. The van der Waals surface area contributed by atoms with Crippen molar-refractivity contribution in [2.24, 2.45) is 0 Å². The molecule has 0 radical (unpaired) electrons. The second kappa shape index (κ2) is 3.46. The molecular weight excluding hydrogens is 196 g/mol. The molecule has 0 saturated heterocycles. The van der Waals surface area contributed by atoms with Crippen LogP contribution in [0.15, 0.2) is 18.2 Å². The lowest BCUT2D eigenvalue weighted by atomic mass is 10.1. The first-order chi connectivity index (χ1) is 6.70. The highest BCUT2D eigenvalue weighted by Crippen LogP contribution is 2.30. The van der Waals surface area contributed by atoms with Crippen molar-refractivity contribution in [2.75, 3.05) is 17.7 Å². The Bertz CT molecular complexity index is 378. The molecule has 0 spiro atoms. The van der Waals surface area contributed by atoms with Crippen LogP contribution in [0.1, 0.15) is 6.92 Å². The Kier molecular flexibility index (Phi) is 2.29. The summed E-state index contributed by atoms with van der Waals surface area (Å²) in [6.07, 6.45) is 0. The number of rotatable bonds is 1. The van der Waals surface area contributed by atoms with Crippen LogP contribution < -0.4 is 15.4 Å². The number of anilines is 2. The molecule has 1 unspecified atom stereocenters. The normalized spacial score (nSPS) is 19.3. The Morgan fingerprint density at radius 3 is 2.86 bits per heavy atom. The van der Waals surface area contributed by atoms with Gasteiger partial charge in [0.2, 0.25) is 0 Å². The smallest absolute Gasteiger partial charge is 0.121 e. The van der Waals surface area contributed by atoms with E-state index >= 15 is 0 Å². The van der Waals surface area contributed by atoms with E-state index in [2.05, 4.69) is 10.6 Å². The molecule has 1 atom stereocenters. The molecule has 1 aromatic rings. The molecule has 0 aromatic heterocycles. The third-order valence-electron chi connectivity index (χ3n) is 2.25. The second-order valence-electron chi connectivity index (χ2n) is 3.27. The Hall–Kier alpha value is -1.29. The average Bonchev–Trinajstić information content (AvgIpc) is 2.19. The highest BCUT2D eigenvalue weighted by molar-refractivity contribution is 7.80. The van der Waals surface area contributed by atoms with Crippen molar-refractivity contribution in [2.45, 2.75) is 13.0 Å². The van der Waals surface area contributed by atoms with Gasteiger partial charge in [-0.3, -0.25) is 0 Å². The standard InChI is InChI=1S/C10H12N2OS/c1-6-10(14)12-9-5-7(13-2)3-4-8(9)11-6/h3-6,11H,1-2H3,(H,12,14). The minimum atomic E-state index is 0.186. The molecule has 1 aliphatic rings. The van der Waals surface area contributed by atoms with Crippen molar-refractivity contribution in [3.63, 3.8) is 0 Å². The number of nitrogens with one attached hydrogen (secondary N) is 2. The minimum absolute atomic E-state index is 0.186. The van der Waals surface area contributed by atoms with E-state index in [-0.39, 0.29) is 6.04 Å². The first-order valence-electron chi connectivity index (χ1n) is 4.46. The van der Waals surface area contributed by atoms with Gasteiger partial charge in [0.25, 0.3) is 0 Å². The highest BCUT2D eigenvalue weighted by atomic mass is 32.1. The van der Waals surface area contributed by atoms with Gasteiger partial charge < -0.3 is 15.4 Å². The molecule has 0 bridgehead atoms. The van der Waals surface area contributed by atoms with Crippen LogP contribution in [0.4, 0.5) is 11.4 Å². The maximum atomic E-state index is 5.17. The van der Waals surface area contributed by atoms with Crippen molar-refractivity contribution < 1.29 is 4.74 Å².